The lowest BCUT2D eigenvalue weighted by molar-refractivity contribution is -0.111. The number of ether oxygens (including phenoxy) is 4. The van der Waals surface area contributed by atoms with Gasteiger partial charge in [0.15, 0.2) is 11.5 Å². The van der Waals surface area contributed by atoms with Crippen LogP contribution in [0.5, 0.6) is 17.2 Å². The van der Waals surface area contributed by atoms with Gasteiger partial charge in [-0.1, -0.05) is 0 Å². The Hall–Kier alpha value is -3.71. The van der Waals surface area contributed by atoms with Gasteiger partial charge in [-0.15, -0.1) is 11.3 Å². The van der Waals surface area contributed by atoms with Gasteiger partial charge in [0.1, 0.15) is 11.1 Å². The summed E-state index contributed by atoms with van der Waals surface area (Å²) in [5.41, 5.74) is 1.93. The molecule has 0 saturated heterocycles. The second-order valence-electron chi connectivity index (χ2n) is 6.94. The maximum absolute atomic E-state index is 12.6. The van der Waals surface area contributed by atoms with Crippen molar-refractivity contribution in [3.05, 3.63) is 39.8 Å². The molecule has 1 N–H and O–H groups in total. The summed E-state index contributed by atoms with van der Waals surface area (Å²) in [6, 6.07) is 5.65. The van der Waals surface area contributed by atoms with Crippen molar-refractivity contribution in [3.8, 4) is 23.3 Å². The molecule has 174 valence electrons. The first-order valence-electron chi connectivity index (χ1n) is 10.2. The van der Waals surface area contributed by atoms with Gasteiger partial charge in [-0.25, -0.2) is 4.79 Å². The standard InChI is InChI=1S/C23H25N3O6S/c1-5-32-23(28)26-11-10-15-16(12-24)22(33-18(15)13-26)25-19(27)9-7-14-6-8-17(29-2)21(31-4)20(14)30-3/h6-9H,5,10-11,13H2,1-4H3,(H,25,27)/b9-7+. The number of hydrogen-bond donors (Lipinski definition) is 1. The lowest BCUT2D eigenvalue weighted by Crippen LogP contribution is -2.35. The van der Waals surface area contributed by atoms with Crippen LogP contribution in [-0.4, -0.2) is 51.4 Å². The molecule has 0 unspecified atom stereocenters. The lowest BCUT2D eigenvalue weighted by atomic mass is 10.0. The molecule has 0 atom stereocenters. The van der Waals surface area contributed by atoms with Crippen LogP contribution >= 0.6 is 11.3 Å². The minimum absolute atomic E-state index is 0.300. The fourth-order valence-electron chi connectivity index (χ4n) is 3.56. The fraction of sp³-hybridized carbons (Fsp3) is 0.348. The van der Waals surface area contributed by atoms with Crippen LogP contribution in [0.4, 0.5) is 9.80 Å². The molecule has 10 heteroatoms. The summed E-state index contributed by atoms with van der Waals surface area (Å²) >= 11 is 1.30. The SMILES string of the molecule is CCOC(=O)N1CCc2c(sc(NC(=O)/C=C/c3ccc(OC)c(OC)c3OC)c2C#N)C1. The van der Waals surface area contributed by atoms with Crippen molar-refractivity contribution in [1.82, 2.24) is 4.90 Å². The zero-order valence-corrected chi connectivity index (χ0v) is 19.7. The molecule has 0 spiro atoms. The van der Waals surface area contributed by atoms with Crippen LogP contribution < -0.4 is 19.5 Å². The van der Waals surface area contributed by atoms with Crippen LogP contribution in [0.2, 0.25) is 0 Å². The molecule has 1 aliphatic rings. The Labute approximate surface area is 196 Å². The van der Waals surface area contributed by atoms with Crippen molar-refractivity contribution in [2.45, 2.75) is 19.9 Å². The topological polar surface area (TPSA) is 110 Å². The van der Waals surface area contributed by atoms with E-state index >= 15 is 0 Å². The third-order valence-electron chi connectivity index (χ3n) is 5.08. The number of amides is 2. The van der Waals surface area contributed by atoms with Gasteiger partial charge < -0.3 is 29.2 Å². The molecule has 2 heterocycles. The Kier molecular flexibility index (Phi) is 7.79. The average Bonchev–Trinajstić information content (AvgIpc) is 3.17. The second-order valence-corrected chi connectivity index (χ2v) is 8.04. The number of nitrogens with zero attached hydrogens (tertiary/aromatic N) is 2. The van der Waals surface area contributed by atoms with E-state index in [0.717, 1.165) is 10.4 Å². The molecular formula is C23H25N3O6S. The van der Waals surface area contributed by atoms with Gasteiger partial charge in [0.05, 0.1) is 40.0 Å². The first kappa shape index (κ1) is 23.9. The van der Waals surface area contributed by atoms with Crippen molar-refractivity contribution in [2.24, 2.45) is 0 Å². The number of rotatable bonds is 7. The highest BCUT2D eigenvalue weighted by Gasteiger charge is 2.28. The zero-order valence-electron chi connectivity index (χ0n) is 18.9. The smallest absolute Gasteiger partial charge is 0.410 e. The summed E-state index contributed by atoms with van der Waals surface area (Å²) in [5, 5.41) is 12.9. The highest BCUT2D eigenvalue weighted by atomic mass is 32.1. The summed E-state index contributed by atoms with van der Waals surface area (Å²) in [4.78, 5) is 27.1. The molecule has 9 nitrogen and oxygen atoms in total. The van der Waals surface area contributed by atoms with Gasteiger partial charge in [0.25, 0.3) is 0 Å². The van der Waals surface area contributed by atoms with E-state index < -0.39 is 5.91 Å². The van der Waals surface area contributed by atoms with Gasteiger partial charge in [-0.05, 0) is 37.1 Å². The minimum atomic E-state index is -0.399. The van der Waals surface area contributed by atoms with Gasteiger partial charge in [0.2, 0.25) is 11.7 Å². The molecule has 1 aliphatic heterocycles. The van der Waals surface area contributed by atoms with E-state index in [1.165, 1.54) is 38.7 Å². The van der Waals surface area contributed by atoms with E-state index in [2.05, 4.69) is 11.4 Å². The second kappa shape index (κ2) is 10.7. The molecule has 0 saturated carbocycles. The van der Waals surface area contributed by atoms with Crippen molar-refractivity contribution in [2.75, 3.05) is 39.8 Å². The number of hydrogen-bond acceptors (Lipinski definition) is 8. The lowest BCUT2D eigenvalue weighted by Gasteiger charge is -2.25. The number of nitrogens with one attached hydrogen (secondary N) is 1. The molecule has 1 aromatic heterocycles. The third kappa shape index (κ3) is 5.04. The van der Waals surface area contributed by atoms with Crippen molar-refractivity contribution < 1.29 is 28.5 Å². The van der Waals surface area contributed by atoms with Crippen molar-refractivity contribution in [1.29, 1.82) is 5.26 Å². The maximum atomic E-state index is 12.6. The molecule has 0 radical (unpaired) electrons. The monoisotopic (exact) mass is 471 g/mol. The van der Waals surface area contributed by atoms with E-state index in [1.54, 1.807) is 30.0 Å². The average molecular weight is 472 g/mol. The highest BCUT2D eigenvalue weighted by Crippen LogP contribution is 2.40. The quantitative estimate of drug-likeness (QED) is 0.612. The van der Waals surface area contributed by atoms with E-state index in [4.69, 9.17) is 18.9 Å². The normalized spacial score (nSPS) is 12.6. The number of benzene rings is 1. The Morgan fingerprint density at radius 3 is 2.61 bits per heavy atom. The Balaban J connectivity index is 1.79. The van der Waals surface area contributed by atoms with Crippen molar-refractivity contribution >= 4 is 34.4 Å². The van der Waals surface area contributed by atoms with Gasteiger partial charge >= 0.3 is 6.09 Å². The molecular weight excluding hydrogens is 446 g/mol. The number of thiophene rings is 1. The highest BCUT2D eigenvalue weighted by molar-refractivity contribution is 7.16. The predicted octanol–water partition coefficient (Wildman–Crippen LogP) is 3.81. The summed E-state index contributed by atoms with van der Waals surface area (Å²) in [7, 11) is 4.54. The van der Waals surface area contributed by atoms with E-state index in [0.29, 0.717) is 59.5 Å². The Morgan fingerprint density at radius 1 is 1.21 bits per heavy atom. The number of methoxy groups -OCH3 is 3. The third-order valence-corrected chi connectivity index (χ3v) is 6.21. The van der Waals surface area contributed by atoms with Crippen LogP contribution in [0, 0.1) is 11.3 Å². The molecule has 2 amide bonds. The molecule has 33 heavy (non-hydrogen) atoms. The number of nitriles is 1. The number of carbonyl (C=O) groups is 2. The van der Waals surface area contributed by atoms with Gasteiger partial charge in [-0.2, -0.15) is 5.26 Å². The summed E-state index contributed by atoms with van der Waals surface area (Å²) < 4.78 is 21.1. The molecule has 3 rings (SSSR count). The first-order valence-corrected chi connectivity index (χ1v) is 11.0. The van der Waals surface area contributed by atoms with E-state index in [1.807, 2.05) is 0 Å². The summed E-state index contributed by atoms with van der Waals surface area (Å²) in [5.74, 6) is 0.968. The molecule has 1 aromatic carbocycles. The summed E-state index contributed by atoms with van der Waals surface area (Å²) in [6.45, 7) is 2.87. The molecule has 2 aromatic rings. The molecule has 0 bridgehead atoms. The predicted molar refractivity (Wildman–Crippen MR) is 124 cm³/mol. The Bertz CT molecular complexity index is 1120. The number of anilines is 1. The van der Waals surface area contributed by atoms with Gasteiger partial charge in [-0.3, -0.25) is 4.79 Å². The number of carbonyl (C=O) groups excluding carboxylic acids is 2. The molecule has 0 aliphatic carbocycles. The van der Waals surface area contributed by atoms with Crippen LogP contribution in [0.1, 0.15) is 28.5 Å². The largest absolute Gasteiger partial charge is 0.493 e. The van der Waals surface area contributed by atoms with Crippen molar-refractivity contribution in [3.63, 3.8) is 0 Å². The minimum Gasteiger partial charge on any atom is -0.493 e. The maximum Gasteiger partial charge on any atom is 0.410 e. The van der Waals surface area contributed by atoms with Crippen LogP contribution in [0.3, 0.4) is 0 Å². The Morgan fingerprint density at radius 2 is 1.97 bits per heavy atom. The molecule has 0 fully saturated rings. The fourth-order valence-corrected chi connectivity index (χ4v) is 4.77. The first-order chi connectivity index (χ1) is 16.0. The van der Waals surface area contributed by atoms with Crippen LogP contribution in [-0.2, 0) is 22.5 Å². The zero-order chi connectivity index (χ0) is 24.0. The summed E-state index contributed by atoms with van der Waals surface area (Å²) in [6.07, 6.45) is 3.10. The van der Waals surface area contributed by atoms with Crippen LogP contribution in [0.25, 0.3) is 6.08 Å². The van der Waals surface area contributed by atoms with E-state index in [-0.39, 0.29) is 6.09 Å². The van der Waals surface area contributed by atoms with Crippen LogP contribution in [0.15, 0.2) is 18.2 Å². The van der Waals surface area contributed by atoms with Gasteiger partial charge in [0, 0.05) is 23.1 Å². The van der Waals surface area contributed by atoms with E-state index in [9.17, 15) is 14.9 Å². The number of fused-ring (bicyclic) bond motifs is 1.